The molecular formula is C18H15N3O. The summed E-state index contributed by atoms with van der Waals surface area (Å²) in [6.07, 6.45) is 6.59. The number of fused-ring (bicyclic) bond motifs is 1. The van der Waals surface area contributed by atoms with Gasteiger partial charge >= 0.3 is 0 Å². The van der Waals surface area contributed by atoms with Gasteiger partial charge < -0.3 is 5.32 Å². The summed E-state index contributed by atoms with van der Waals surface area (Å²) in [5.41, 5.74) is 6.70. The number of nitrogens with one attached hydrogen (secondary N) is 2. The molecule has 0 atom stereocenters. The molecule has 1 aliphatic carbocycles. The molecule has 1 heterocycles. The summed E-state index contributed by atoms with van der Waals surface area (Å²) in [7, 11) is 0. The van der Waals surface area contributed by atoms with Crippen molar-refractivity contribution in [3.05, 3.63) is 65.9 Å². The Hall–Kier alpha value is -3.06. The molecule has 1 aromatic rings. The summed E-state index contributed by atoms with van der Waals surface area (Å²) in [4.78, 5) is 12.0. The second-order valence-corrected chi connectivity index (χ2v) is 4.97. The average Bonchev–Trinajstić information content (AvgIpc) is 2.67. The fourth-order valence-electron chi connectivity index (χ4n) is 2.28. The Morgan fingerprint density at radius 2 is 2.27 bits per heavy atom. The van der Waals surface area contributed by atoms with Crippen molar-refractivity contribution in [3.63, 3.8) is 0 Å². The molecule has 0 aromatic heterocycles. The molecule has 0 saturated heterocycles. The Kier molecular flexibility index (Phi) is 3.88. The average molecular weight is 289 g/mol. The molecule has 0 fully saturated rings. The van der Waals surface area contributed by atoms with E-state index in [1.54, 1.807) is 6.08 Å². The number of carbonyl (C=O) groups is 1. The Balaban J connectivity index is 1.69. The van der Waals surface area contributed by atoms with Gasteiger partial charge in [0.15, 0.2) is 0 Å². The predicted octanol–water partition coefficient (Wildman–Crippen LogP) is 2.73. The predicted molar refractivity (Wildman–Crippen MR) is 88.1 cm³/mol. The molecule has 108 valence electrons. The normalized spacial score (nSPS) is 17.0. The minimum atomic E-state index is -0.177. The summed E-state index contributed by atoms with van der Waals surface area (Å²) >= 11 is 0. The zero-order valence-electron chi connectivity index (χ0n) is 12.0. The molecule has 4 heteroatoms. The molecule has 0 bridgehead atoms. The maximum Gasteiger partial charge on any atom is 0.244 e. The fourth-order valence-corrected chi connectivity index (χ4v) is 2.28. The van der Waals surface area contributed by atoms with E-state index in [-0.39, 0.29) is 12.3 Å². The van der Waals surface area contributed by atoms with Crippen LogP contribution in [0, 0.1) is 11.8 Å². The van der Waals surface area contributed by atoms with Gasteiger partial charge in [0.25, 0.3) is 0 Å². The molecule has 0 spiro atoms. The summed E-state index contributed by atoms with van der Waals surface area (Å²) < 4.78 is 0. The Morgan fingerprint density at radius 1 is 1.41 bits per heavy atom. The van der Waals surface area contributed by atoms with Crippen LogP contribution in [-0.2, 0) is 4.79 Å². The van der Waals surface area contributed by atoms with Gasteiger partial charge in [-0.15, -0.1) is 0 Å². The second kappa shape index (κ2) is 6.15. The van der Waals surface area contributed by atoms with E-state index >= 15 is 0 Å². The number of para-hydroxylation sites is 1. The number of rotatable bonds is 3. The number of hydrogen-bond acceptors (Lipinski definition) is 3. The van der Waals surface area contributed by atoms with Crippen molar-refractivity contribution < 1.29 is 4.79 Å². The van der Waals surface area contributed by atoms with Crippen LogP contribution in [0.5, 0.6) is 0 Å². The smallest absolute Gasteiger partial charge is 0.244 e. The highest BCUT2D eigenvalue weighted by Crippen LogP contribution is 2.26. The molecule has 0 unspecified atom stereocenters. The lowest BCUT2D eigenvalue weighted by Crippen LogP contribution is -2.20. The summed E-state index contributed by atoms with van der Waals surface area (Å²) in [5, 5.41) is 7.35. The molecule has 1 aromatic carbocycles. The van der Waals surface area contributed by atoms with E-state index in [9.17, 15) is 4.79 Å². The molecule has 2 N–H and O–H groups in total. The van der Waals surface area contributed by atoms with Gasteiger partial charge in [-0.25, -0.2) is 5.43 Å². The molecule has 2 aliphatic rings. The minimum absolute atomic E-state index is 0.177. The highest BCUT2D eigenvalue weighted by Gasteiger charge is 2.20. The first kappa shape index (κ1) is 13.9. The maximum absolute atomic E-state index is 12.0. The topological polar surface area (TPSA) is 53.5 Å². The van der Waals surface area contributed by atoms with E-state index in [2.05, 4.69) is 34.3 Å². The molecule has 22 heavy (non-hydrogen) atoms. The lowest BCUT2D eigenvalue weighted by atomic mass is 10.1. The third kappa shape index (κ3) is 2.99. The second-order valence-electron chi connectivity index (χ2n) is 4.97. The first-order chi connectivity index (χ1) is 10.7. The highest BCUT2D eigenvalue weighted by atomic mass is 16.2. The first-order valence-electron chi connectivity index (χ1n) is 7.00. The number of benzene rings is 1. The minimum Gasteiger partial charge on any atom is -0.354 e. The van der Waals surface area contributed by atoms with Gasteiger partial charge in [-0.3, -0.25) is 4.79 Å². The molecule has 0 radical (unpaired) electrons. The summed E-state index contributed by atoms with van der Waals surface area (Å²) in [6.45, 7) is 3.92. The van der Waals surface area contributed by atoms with Crippen LogP contribution in [-0.4, -0.2) is 11.6 Å². The van der Waals surface area contributed by atoms with Crippen molar-refractivity contribution in [1.29, 1.82) is 0 Å². The highest BCUT2D eigenvalue weighted by molar-refractivity contribution is 6.21. The Labute approximate surface area is 129 Å². The fraction of sp³-hybridized carbons (Fsp3) is 0.111. The number of hydrogen-bond donors (Lipinski definition) is 2. The Morgan fingerprint density at radius 3 is 3.18 bits per heavy atom. The first-order valence-corrected chi connectivity index (χ1v) is 7.00. The van der Waals surface area contributed by atoms with Crippen molar-refractivity contribution in [2.45, 2.75) is 12.8 Å². The van der Waals surface area contributed by atoms with Crippen LogP contribution in [0.15, 0.2) is 65.4 Å². The lowest BCUT2D eigenvalue weighted by Gasteiger charge is -2.03. The molecule has 1 amide bonds. The van der Waals surface area contributed by atoms with Crippen molar-refractivity contribution in [3.8, 4) is 11.8 Å². The van der Waals surface area contributed by atoms with Crippen LogP contribution in [0.4, 0.5) is 5.69 Å². The van der Waals surface area contributed by atoms with E-state index in [0.717, 1.165) is 16.8 Å². The quantitative estimate of drug-likeness (QED) is 0.664. The van der Waals surface area contributed by atoms with Crippen molar-refractivity contribution >= 4 is 17.3 Å². The van der Waals surface area contributed by atoms with Crippen LogP contribution < -0.4 is 10.7 Å². The molecule has 0 saturated carbocycles. The van der Waals surface area contributed by atoms with E-state index in [4.69, 9.17) is 0 Å². The third-order valence-electron chi connectivity index (χ3n) is 3.32. The van der Waals surface area contributed by atoms with Crippen LogP contribution in [0.2, 0.25) is 0 Å². The lowest BCUT2D eigenvalue weighted by molar-refractivity contribution is -0.120. The molecule has 4 nitrogen and oxygen atoms in total. The van der Waals surface area contributed by atoms with Crippen molar-refractivity contribution in [2.75, 3.05) is 5.32 Å². The number of hydrazone groups is 1. The molecule has 3 rings (SSSR count). The summed E-state index contributed by atoms with van der Waals surface area (Å²) in [6, 6.07) is 7.76. The van der Waals surface area contributed by atoms with E-state index in [1.807, 2.05) is 36.4 Å². The number of allylic oxidation sites excluding steroid dienone is 4. The third-order valence-corrected chi connectivity index (χ3v) is 3.32. The monoisotopic (exact) mass is 289 g/mol. The van der Waals surface area contributed by atoms with Crippen LogP contribution in [0.3, 0.4) is 0 Å². The molecular weight excluding hydrogens is 274 g/mol. The number of nitrogens with zero attached hydrogens (tertiary/aromatic N) is 1. The van der Waals surface area contributed by atoms with Crippen molar-refractivity contribution in [2.24, 2.45) is 5.10 Å². The van der Waals surface area contributed by atoms with Crippen molar-refractivity contribution in [1.82, 2.24) is 5.43 Å². The van der Waals surface area contributed by atoms with Gasteiger partial charge in [0, 0.05) is 17.7 Å². The van der Waals surface area contributed by atoms with Gasteiger partial charge in [0.05, 0.1) is 12.1 Å². The van der Waals surface area contributed by atoms with Crippen LogP contribution in [0.25, 0.3) is 0 Å². The van der Waals surface area contributed by atoms with Gasteiger partial charge in [0.1, 0.15) is 5.71 Å². The van der Waals surface area contributed by atoms with Gasteiger partial charge in [0.2, 0.25) is 5.91 Å². The zero-order chi connectivity index (χ0) is 15.4. The van der Waals surface area contributed by atoms with E-state index < -0.39 is 0 Å². The maximum atomic E-state index is 12.0. The van der Waals surface area contributed by atoms with E-state index in [1.165, 1.54) is 0 Å². The summed E-state index contributed by atoms with van der Waals surface area (Å²) in [5.74, 6) is 5.68. The Bertz CT molecular complexity index is 788. The van der Waals surface area contributed by atoms with Gasteiger partial charge in [-0.2, -0.15) is 5.10 Å². The number of anilines is 1. The van der Waals surface area contributed by atoms with Crippen LogP contribution in [0.1, 0.15) is 18.4 Å². The largest absolute Gasteiger partial charge is 0.354 e. The van der Waals surface area contributed by atoms with Gasteiger partial charge in [-0.05, 0) is 17.7 Å². The number of carbonyl (C=O) groups excluding carboxylic acids is 1. The molecule has 1 aliphatic heterocycles. The zero-order valence-corrected chi connectivity index (χ0v) is 12.0. The van der Waals surface area contributed by atoms with E-state index in [0.29, 0.717) is 17.8 Å². The van der Waals surface area contributed by atoms with Crippen LogP contribution >= 0.6 is 0 Å². The SMILES string of the molecule is C=C1Nc2ccccc2/C1=N/NC(=O)CC1=CC#CCC=C1. The standard InChI is InChI=1S/C18H15N3O/c1-13-18(15-10-6-7-11-16(15)19-13)21-20-17(22)12-14-8-4-2-3-5-9-14/h4,6-11,19H,1-2,12H2,(H,20,22)/b21-18+. The van der Waals surface area contributed by atoms with Gasteiger partial charge in [-0.1, -0.05) is 48.8 Å². The number of amides is 1.